The second-order valence-electron chi connectivity index (χ2n) is 6.52. The van der Waals surface area contributed by atoms with Gasteiger partial charge in [-0.2, -0.15) is 0 Å². The van der Waals surface area contributed by atoms with Crippen molar-refractivity contribution >= 4 is 5.91 Å². The summed E-state index contributed by atoms with van der Waals surface area (Å²) in [5, 5.41) is 23.5. The molecule has 0 aromatic rings. The van der Waals surface area contributed by atoms with E-state index in [9.17, 15) is 15.0 Å². The Labute approximate surface area is 151 Å². The third-order valence-corrected chi connectivity index (χ3v) is 4.23. The minimum atomic E-state index is -1.29. The number of carbonyl (C=O) groups excluding carboxylic acids is 1. The van der Waals surface area contributed by atoms with Gasteiger partial charge in [0.2, 0.25) is 5.91 Å². The third kappa shape index (κ3) is 7.58. The summed E-state index contributed by atoms with van der Waals surface area (Å²) < 4.78 is 17.0. The van der Waals surface area contributed by atoms with Crippen molar-refractivity contribution in [2.45, 2.75) is 89.9 Å². The van der Waals surface area contributed by atoms with Gasteiger partial charge in [0.15, 0.2) is 6.29 Å². The number of hydrogen-bond acceptors (Lipinski definition) is 6. The van der Waals surface area contributed by atoms with E-state index < -0.39 is 30.6 Å². The Balaban J connectivity index is 2.69. The monoisotopic (exact) mass is 361 g/mol. The Morgan fingerprint density at radius 3 is 2.40 bits per heavy atom. The minimum Gasteiger partial charge on any atom is -0.388 e. The molecule has 25 heavy (non-hydrogen) atoms. The van der Waals surface area contributed by atoms with E-state index in [-0.39, 0.29) is 12.5 Å². The lowest BCUT2D eigenvalue weighted by Gasteiger charge is -2.42. The summed E-state index contributed by atoms with van der Waals surface area (Å²) in [5.74, 6) is -0.223. The Morgan fingerprint density at radius 1 is 1.08 bits per heavy atom. The maximum atomic E-state index is 11.8. The molecule has 0 aromatic carbocycles. The molecule has 148 valence electrons. The number of ether oxygens (including phenoxy) is 3. The number of aliphatic hydroxyl groups is 2. The van der Waals surface area contributed by atoms with Crippen molar-refractivity contribution < 1.29 is 29.2 Å². The summed E-state index contributed by atoms with van der Waals surface area (Å²) >= 11 is 0. The highest BCUT2D eigenvalue weighted by atomic mass is 16.6. The van der Waals surface area contributed by atoms with Crippen LogP contribution in [0.3, 0.4) is 0 Å². The Bertz CT molecular complexity index is 367. The van der Waals surface area contributed by atoms with E-state index in [0.29, 0.717) is 26.1 Å². The summed E-state index contributed by atoms with van der Waals surface area (Å²) in [7, 11) is 0. The molecule has 1 aliphatic rings. The number of hydrogen-bond donors (Lipinski definition) is 3. The van der Waals surface area contributed by atoms with Crippen LogP contribution >= 0.6 is 0 Å². The van der Waals surface area contributed by atoms with Crippen molar-refractivity contribution in [3.8, 4) is 0 Å². The van der Waals surface area contributed by atoms with Crippen LogP contribution in [0.1, 0.15) is 59.3 Å². The van der Waals surface area contributed by atoms with Gasteiger partial charge in [-0.1, -0.05) is 33.6 Å². The molecule has 7 heteroatoms. The Hall–Kier alpha value is -0.730. The number of aliphatic hydroxyl groups excluding tert-OH is 2. The van der Waals surface area contributed by atoms with Crippen LogP contribution in [0.5, 0.6) is 0 Å². The summed E-state index contributed by atoms with van der Waals surface area (Å²) in [6, 6.07) is -0.905. The maximum Gasteiger partial charge on any atom is 0.220 e. The van der Waals surface area contributed by atoms with Crippen LogP contribution in [0, 0.1) is 0 Å². The second-order valence-corrected chi connectivity index (χ2v) is 6.52. The molecule has 0 spiro atoms. The highest BCUT2D eigenvalue weighted by molar-refractivity contribution is 5.76. The number of rotatable bonds is 12. The van der Waals surface area contributed by atoms with Gasteiger partial charge in [-0.3, -0.25) is 4.79 Å². The molecule has 0 saturated carbocycles. The van der Waals surface area contributed by atoms with Gasteiger partial charge < -0.3 is 29.7 Å². The lowest BCUT2D eigenvalue weighted by Crippen LogP contribution is -2.65. The summed E-state index contributed by atoms with van der Waals surface area (Å²) in [5.41, 5.74) is 0. The van der Waals surface area contributed by atoms with Crippen LogP contribution in [-0.2, 0) is 19.0 Å². The van der Waals surface area contributed by atoms with Crippen molar-refractivity contribution in [1.29, 1.82) is 0 Å². The molecule has 5 atom stereocenters. The molecule has 0 bridgehead atoms. The Kier molecular flexibility index (Phi) is 11.2. The molecule has 1 fully saturated rings. The fourth-order valence-electron chi connectivity index (χ4n) is 2.73. The first-order valence-electron chi connectivity index (χ1n) is 9.55. The smallest absolute Gasteiger partial charge is 0.220 e. The van der Waals surface area contributed by atoms with Gasteiger partial charge >= 0.3 is 0 Å². The van der Waals surface area contributed by atoms with E-state index in [4.69, 9.17) is 14.2 Å². The molecule has 7 nitrogen and oxygen atoms in total. The highest BCUT2D eigenvalue weighted by Gasteiger charge is 2.45. The fraction of sp³-hybridized carbons (Fsp3) is 0.944. The van der Waals surface area contributed by atoms with E-state index in [1.165, 1.54) is 0 Å². The number of unbranched alkanes of at least 4 members (excludes halogenated alkanes) is 2. The van der Waals surface area contributed by atoms with E-state index in [0.717, 1.165) is 25.7 Å². The first-order valence-corrected chi connectivity index (χ1v) is 9.55. The molecule has 1 aliphatic heterocycles. The van der Waals surface area contributed by atoms with Crippen molar-refractivity contribution in [2.24, 2.45) is 0 Å². The molecule has 1 unspecified atom stereocenters. The highest BCUT2D eigenvalue weighted by Crippen LogP contribution is 2.23. The fourth-order valence-corrected chi connectivity index (χ4v) is 2.73. The van der Waals surface area contributed by atoms with Crippen LogP contribution < -0.4 is 5.32 Å². The lowest BCUT2D eigenvalue weighted by atomic mass is 9.96. The predicted octanol–water partition coefficient (Wildman–Crippen LogP) is 1.35. The number of amides is 1. The molecular weight excluding hydrogens is 326 g/mol. The molecule has 0 aliphatic carbocycles. The van der Waals surface area contributed by atoms with Crippen molar-refractivity contribution in [2.75, 3.05) is 19.8 Å². The van der Waals surface area contributed by atoms with Crippen LogP contribution in [0.15, 0.2) is 0 Å². The van der Waals surface area contributed by atoms with Crippen molar-refractivity contribution in [3.05, 3.63) is 0 Å². The lowest BCUT2D eigenvalue weighted by molar-refractivity contribution is -0.266. The average molecular weight is 361 g/mol. The van der Waals surface area contributed by atoms with Gasteiger partial charge in [0, 0.05) is 19.6 Å². The van der Waals surface area contributed by atoms with E-state index in [2.05, 4.69) is 19.2 Å². The average Bonchev–Trinajstić information content (AvgIpc) is 2.58. The van der Waals surface area contributed by atoms with Crippen LogP contribution in [0.4, 0.5) is 0 Å². The molecule has 0 radical (unpaired) electrons. The van der Waals surface area contributed by atoms with E-state index in [1.807, 2.05) is 6.92 Å². The number of carbonyl (C=O) groups is 1. The van der Waals surface area contributed by atoms with Gasteiger partial charge in [0.25, 0.3) is 0 Å². The second kappa shape index (κ2) is 12.6. The zero-order valence-electron chi connectivity index (χ0n) is 15.8. The SMILES string of the molecule is CCCCOC[C@H]1OC(O)[C@H](NC(=O)CCC)[C@@H](O)[C@@H]1OCCCC. The standard InChI is InChI=1S/C18H35NO6/c1-4-7-10-23-12-13-17(24-11-8-5-2)16(21)15(18(22)25-13)19-14(20)9-6-3/h13,15-18,21-22H,4-12H2,1-3H3,(H,19,20)/t13-,15-,16-,17-,18?/m1/s1. The molecule has 1 saturated heterocycles. The van der Waals surface area contributed by atoms with Crippen LogP contribution in [0.2, 0.25) is 0 Å². The maximum absolute atomic E-state index is 11.8. The van der Waals surface area contributed by atoms with E-state index in [1.54, 1.807) is 0 Å². The molecule has 0 aromatic heterocycles. The van der Waals surface area contributed by atoms with Crippen LogP contribution in [0.25, 0.3) is 0 Å². The molecule has 3 N–H and O–H groups in total. The summed E-state index contributed by atoms with van der Waals surface area (Å²) in [6.45, 7) is 7.35. The molecule has 1 rings (SSSR count). The van der Waals surface area contributed by atoms with Gasteiger partial charge in [0.05, 0.1) is 6.61 Å². The van der Waals surface area contributed by atoms with E-state index >= 15 is 0 Å². The molecular formula is C18H35NO6. The normalized spacial score (nSPS) is 29.6. The molecule has 1 amide bonds. The topological polar surface area (TPSA) is 97.2 Å². The predicted molar refractivity (Wildman–Crippen MR) is 94.1 cm³/mol. The summed E-state index contributed by atoms with van der Waals surface area (Å²) in [4.78, 5) is 11.8. The first kappa shape index (κ1) is 22.3. The molecule has 1 heterocycles. The number of nitrogens with one attached hydrogen (secondary N) is 1. The van der Waals surface area contributed by atoms with Crippen molar-refractivity contribution in [1.82, 2.24) is 5.32 Å². The first-order chi connectivity index (χ1) is 12.0. The summed E-state index contributed by atoms with van der Waals surface area (Å²) in [6.07, 6.45) is 1.26. The Morgan fingerprint density at radius 2 is 1.76 bits per heavy atom. The zero-order chi connectivity index (χ0) is 18.7. The van der Waals surface area contributed by atoms with Crippen LogP contribution in [-0.4, -0.2) is 66.6 Å². The van der Waals surface area contributed by atoms with Gasteiger partial charge in [-0.05, 0) is 19.3 Å². The zero-order valence-corrected chi connectivity index (χ0v) is 15.8. The third-order valence-electron chi connectivity index (χ3n) is 4.23. The quantitative estimate of drug-likeness (QED) is 0.454. The van der Waals surface area contributed by atoms with Gasteiger partial charge in [-0.25, -0.2) is 0 Å². The van der Waals surface area contributed by atoms with Gasteiger partial charge in [0.1, 0.15) is 24.4 Å². The largest absolute Gasteiger partial charge is 0.388 e. The van der Waals surface area contributed by atoms with Gasteiger partial charge in [-0.15, -0.1) is 0 Å². The van der Waals surface area contributed by atoms with Crippen molar-refractivity contribution in [3.63, 3.8) is 0 Å². The minimum absolute atomic E-state index is 0.223.